The van der Waals surface area contributed by atoms with E-state index in [1.54, 1.807) is 0 Å². The number of carbonyl (C=O) groups excluding carboxylic acids is 1. The van der Waals surface area contributed by atoms with Gasteiger partial charge in [-0.3, -0.25) is 9.69 Å². The molecule has 2 fully saturated rings. The van der Waals surface area contributed by atoms with Crippen LogP contribution in [0.25, 0.3) is 0 Å². The predicted octanol–water partition coefficient (Wildman–Crippen LogP) is 2.07. The van der Waals surface area contributed by atoms with Crippen molar-refractivity contribution in [2.45, 2.75) is 24.8 Å². The highest BCUT2D eigenvalue weighted by Crippen LogP contribution is 2.31. The maximum atomic E-state index is 11.7. The number of hydrogen-bond donors (Lipinski definition) is 2. The fourth-order valence-corrected chi connectivity index (χ4v) is 2.91. The van der Waals surface area contributed by atoms with Gasteiger partial charge in [-0.15, -0.1) is 37.2 Å². The largest absolute Gasteiger partial charge is 0.369 e. The van der Waals surface area contributed by atoms with E-state index in [1.807, 2.05) is 0 Å². The molecule has 144 valence electrons. The molecule has 0 radical (unpaired) electrons. The highest BCUT2D eigenvalue weighted by atomic mass is 35.5. The Morgan fingerprint density at radius 1 is 1.04 bits per heavy atom. The number of piperazine rings is 1. The van der Waals surface area contributed by atoms with Gasteiger partial charge in [0.2, 0.25) is 5.91 Å². The minimum absolute atomic E-state index is 0. The molecule has 0 atom stereocenters. The van der Waals surface area contributed by atoms with Gasteiger partial charge in [0.1, 0.15) is 0 Å². The third-order valence-electron chi connectivity index (χ3n) is 4.67. The molecule has 0 aromatic heterocycles. The molecule has 0 bridgehead atoms. The minimum Gasteiger partial charge on any atom is -0.369 e. The number of rotatable bonds is 6. The van der Waals surface area contributed by atoms with Crippen molar-refractivity contribution in [2.24, 2.45) is 5.73 Å². The smallest absolute Gasteiger partial charge is 0.240 e. The monoisotopic (exact) mass is 410 g/mol. The number of nitrogens with zero attached hydrogens (tertiary/aromatic N) is 2. The van der Waals surface area contributed by atoms with E-state index in [-0.39, 0.29) is 43.1 Å². The molecule has 3 N–H and O–H groups in total. The third kappa shape index (κ3) is 6.83. The van der Waals surface area contributed by atoms with Gasteiger partial charge in [-0.05, 0) is 37.9 Å². The van der Waals surface area contributed by atoms with Gasteiger partial charge in [-0.25, -0.2) is 0 Å². The summed E-state index contributed by atoms with van der Waals surface area (Å²) in [5.74, 6) is 0.0291. The van der Waals surface area contributed by atoms with E-state index >= 15 is 0 Å². The zero-order chi connectivity index (χ0) is 15.4. The molecule has 1 saturated heterocycles. The summed E-state index contributed by atoms with van der Waals surface area (Å²) in [6, 6.07) is 10.6. The van der Waals surface area contributed by atoms with Crippen LogP contribution in [-0.4, -0.2) is 55.6 Å². The number of halogens is 3. The van der Waals surface area contributed by atoms with Gasteiger partial charge in [0.05, 0.1) is 5.54 Å². The van der Waals surface area contributed by atoms with E-state index in [1.165, 1.54) is 5.69 Å². The van der Waals surface area contributed by atoms with Crippen molar-refractivity contribution in [1.29, 1.82) is 0 Å². The molecule has 1 saturated carbocycles. The summed E-state index contributed by atoms with van der Waals surface area (Å²) in [6.45, 7) is 6.09. The SMILES string of the molecule is Cl.Cl.Cl.NC1(C(=O)NCCCN2CCN(c3ccccc3)CC2)CC1. The molecule has 25 heavy (non-hydrogen) atoms. The summed E-state index contributed by atoms with van der Waals surface area (Å²) in [5.41, 5.74) is 6.63. The van der Waals surface area contributed by atoms with Crippen molar-refractivity contribution in [3.05, 3.63) is 30.3 Å². The van der Waals surface area contributed by atoms with E-state index in [9.17, 15) is 4.79 Å². The molecule has 1 aromatic rings. The van der Waals surface area contributed by atoms with Gasteiger partial charge in [-0.2, -0.15) is 0 Å². The molecule has 5 nitrogen and oxygen atoms in total. The van der Waals surface area contributed by atoms with Crippen LogP contribution in [0, 0.1) is 0 Å². The molecule has 2 aliphatic rings. The van der Waals surface area contributed by atoms with E-state index in [0.29, 0.717) is 0 Å². The standard InChI is InChI=1S/C17H26N4O.3ClH/c18-17(7-8-17)16(22)19-9-4-10-20-11-13-21(14-12-20)15-5-2-1-3-6-15;;;/h1-3,5-6H,4,7-14,18H2,(H,19,22);3*1H. The van der Waals surface area contributed by atoms with Crippen molar-refractivity contribution in [2.75, 3.05) is 44.2 Å². The molecule has 0 spiro atoms. The second-order valence-electron chi connectivity index (χ2n) is 6.43. The number of benzene rings is 1. The second-order valence-corrected chi connectivity index (χ2v) is 6.43. The van der Waals surface area contributed by atoms with Gasteiger partial charge >= 0.3 is 0 Å². The topological polar surface area (TPSA) is 61.6 Å². The third-order valence-corrected chi connectivity index (χ3v) is 4.67. The molecule has 1 amide bonds. The fraction of sp³-hybridized carbons (Fsp3) is 0.588. The van der Waals surface area contributed by atoms with Gasteiger partial charge in [0.15, 0.2) is 0 Å². The first-order chi connectivity index (χ1) is 10.7. The van der Waals surface area contributed by atoms with Crippen molar-refractivity contribution < 1.29 is 4.79 Å². The van der Waals surface area contributed by atoms with Crippen LogP contribution < -0.4 is 16.0 Å². The average molecular weight is 412 g/mol. The number of nitrogens with two attached hydrogens (primary N) is 1. The molecular weight excluding hydrogens is 383 g/mol. The lowest BCUT2D eigenvalue weighted by Gasteiger charge is -2.36. The number of hydrogen-bond acceptors (Lipinski definition) is 4. The highest BCUT2D eigenvalue weighted by Gasteiger charge is 2.45. The number of para-hydroxylation sites is 1. The summed E-state index contributed by atoms with van der Waals surface area (Å²) in [6.07, 6.45) is 2.66. The Labute approximate surface area is 168 Å². The Kier molecular flexibility index (Phi) is 10.8. The van der Waals surface area contributed by atoms with Crippen LogP contribution in [-0.2, 0) is 4.79 Å². The Balaban J connectivity index is 0.00000192. The minimum atomic E-state index is -0.540. The average Bonchev–Trinajstić information content (AvgIpc) is 3.32. The zero-order valence-corrected chi connectivity index (χ0v) is 16.8. The summed E-state index contributed by atoms with van der Waals surface area (Å²) < 4.78 is 0. The van der Waals surface area contributed by atoms with E-state index in [0.717, 1.165) is 58.5 Å². The normalized spacial score (nSPS) is 18.2. The molecule has 0 unspecified atom stereocenters. The number of anilines is 1. The lowest BCUT2D eigenvalue weighted by Crippen LogP contribution is -2.47. The Morgan fingerprint density at radius 3 is 2.20 bits per heavy atom. The highest BCUT2D eigenvalue weighted by molar-refractivity contribution is 5.88. The first-order valence-corrected chi connectivity index (χ1v) is 8.27. The Morgan fingerprint density at radius 2 is 1.64 bits per heavy atom. The zero-order valence-electron chi connectivity index (χ0n) is 14.4. The van der Waals surface area contributed by atoms with Crippen LogP contribution >= 0.6 is 37.2 Å². The number of nitrogens with one attached hydrogen (secondary N) is 1. The fourth-order valence-electron chi connectivity index (χ4n) is 2.91. The number of amides is 1. The van der Waals surface area contributed by atoms with Gasteiger partial charge in [0.25, 0.3) is 0 Å². The summed E-state index contributed by atoms with van der Waals surface area (Å²) in [5, 5.41) is 2.96. The van der Waals surface area contributed by atoms with Crippen LogP contribution in [0.3, 0.4) is 0 Å². The molecular formula is C17H29Cl3N4O. The summed E-state index contributed by atoms with van der Waals surface area (Å²) in [7, 11) is 0. The molecule has 1 aliphatic heterocycles. The van der Waals surface area contributed by atoms with E-state index in [4.69, 9.17) is 5.73 Å². The quantitative estimate of drug-likeness (QED) is 0.704. The lowest BCUT2D eigenvalue weighted by molar-refractivity contribution is -0.123. The second kappa shape index (κ2) is 11.1. The number of carbonyl (C=O) groups is 1. The van der Waals surface area contributed by atoms with Crippen molar-refractivity contribution >= 4 is 48.8 Å². The maximum absolute atomic E-state index is 11.7. The van der Waals surface area contributed by atoms with Gasteiger partial charge in [-0.1, -0.05) is 18.2 Å². The molecule has 3 rings (SSSR count). The first kappa shape index (κ1) is 24.3. The molecule has 1 aliphatic carbocycles. The maximum Gasteiger partial charge on any atom is 0.240 e. The van der Waals surface area contributed by atoms with Gasteiger partial charge in [0, 0.05) is 38.4 Å². The van der Waals surface area contributed by atoms with E-state index < -0.39 is 5.54 Å². The summed E-state index contributed by atoms with van der Waals surface area (Å²) >= 11 is 0. The molecule has 1 heterocycles. The lowest BCUT2D eigenvalue weighted by atomic mass is 10.2. The van der Waals surface area contributed by atoms with Crippen LogP contribution in [0.5, 0.6) is 0 Å². The van der Waals surface area contributed by atoms with Crippen LogP contribution in [0.15, 0.2) is 30.3 Å². The van der Waals surface area contributed by atoms with Gasteiger partial charge < -0.3 is 16.0 Å². The van der Waals surface area contributed by atoms with E-state index in [2.05, 4.69) is 45.4 Å². The molecule has 8 heteroatoms. The van der Waals surface area contributed by atoms with Crippen molar-refractivity contribution in [1.82, 2.24) is 10.2 Å². The Hall–Kier alpha value is -0.720. The van der Waals surface area contributed by atoms with Crippen LogP contribution in [0.1, 0.15) is 19.3 Å². The van der Waals surface area contributed by atoms with Crippen molar-refractivity contribution in [3.63, 3.8) is 0 Å². The Bertz CT molecular complexity index is 506. The first-order valence-electron chi connectivity index (χ1n) is 8.27. The van der Waals surface area contributed by atoms with Crippen LogP contribution in [0.2, 0.25) is 0 Å². The predicted molar refractivity (Wildman–Crippen MR) is 111 cm³/mol. The van der Waals surface area contributed by atoms with Crippen molar-refractivity contribution in [3.8, 4) is 0 Å². The van der Waals surface area contributed by atoms with Crippen LogP contribution in [0.4, 0.5) is 5.69 Å². The summed E-state index contributed by atoms with van der Waals surface area (Å²) in [4.78, 5) is 16.6. The molecule has 1 aromatic carbocycles.